The van der Waals surface area contributed by atoms with Gasteiger partial charge in [0.05, 0.1) is 5.54 Å². The highest BCUT2D eigenvalue weighted by atomic mass is 16.5. The van der Waals surface area contributed by atoms with Crippen LogP contribution < -0.4 is 5.32 Å². The summed E-state index contributed by atoms with van der Waals surface area (Å²) in [5, 5.41) is 2.77. The minimum absolute atomic E-state index is 0.00285. The smallest absolute Gasteiger partial charge is 0.321 e. The number of hydrogen-bond acceptors (Lipinski definition) is 6. The molecule has 3 amide bonds. The van der Waals surface area contributed by atoms with Crippen molar-refractivity contribution in [1.29, 1.82) is 0 Å². The van der Waals surface area contributed by atoms with Crippen LogP contribution in [-0.2, 0) is 15.1 Å². The number of amides is 3. The van der Waals surface area contributed by atoms with Gasteiger partial charge in [-0.15, -0.1) is 0 Å². The number of nitrogens with zero attached hydrogens (tertiary/aromatic N) is 5. The van der Waals surface area contributed by atoms with E-state index in [0.717, 1.165) is 32.1 Å². The Bertz CT molecular complexity index is 993. The van der Waals surface area contributed by atoms with E-state index in [0.29, 0.717) is 25.5 Å². The summed E-state index contributed by atoms with van der Waals surface area (Å²) in [6.45, 7) is 1.77. The van der Waals surface area contributed by atoms with Gasteiger partial charge in [-0.2, -0.15) is 0 Å². The lowest BCUT2D eigenvalue weighted by molar-refractivity contribution is -0.116. The van der Waals surface area contributed by atoms with Gasteiger partial charge >= 0.3 is 6.03 Å². The largest absolute Gasteiger partial charge is 0.385 e. The number of carbonyl (C=O) groups excluding carboxylic acids is 2. The van der Waals surface area contributed by atoms with Crippen molar-refractivity contribution in [3.05, 3.63) is 54.5 Å². The lowest BCUT2D eigenvalue weighted by atomic mass is 9.68. The number of aromatic nitrogens is 2. The van der Waals surface area contributed by atoms with Crippen LogP contribution in [0.3, 0.4) is 0 Å². The number of benzene rings is 1. The monoisotopic (exact) mass is 480 g/mol. The van der Waals surface area contributed by atoms with E-state index in [9.17, 15) is 9.59 Å². The Balaban J connectivity index is 1.52. The van der Waals surface area contributed by atoms with E-state index >= 15 is 0 Å². The van der Waals surface area contributed by atoms with E-state index in [1.807, 2.05) is 4.90 Å². The highest BCUT2D eigenvalue weighted by molar-refractivity contribution is 5.94. The van der Waals surface area contributed by atoms with E-state index in [2.05, 4.69) is 64.6 Å². The average molecular weight is 481 g/mol. The molecule has 0 radical (unpaired) electrons. The van der Waals surface area contributed by atoms with Gasteiger partial charge in [-0.05, 0) is 57.8 Å². The maximum atomic E-state index is 13.5. The van der Waals surface area contributed by atoms with Gasteiger partial charge in [0.15, 0.2) is 0 Å². The fourth-order valence-corrected chi connectivity index (χ4v) is 5.73. The van der Waals surface area contributed by atoms with Gasteiger partial charge < -0.3 is 19.9 Å². The summed E-state index contributed by atoms with van der Waals surface area (Å²) in [6, 6.07) is 12.2. The molecule has 1 aliphatic heterocycles. The number of methoxy groups -OCH3 is 1. The Morgan fingerprint density at radius 2 is 1.89 bits per heavy atom. The fourth-order valence-electron chi connectivity index (χ4n) is 5.73. The summed E-state index contributed by atoms with van der Waals surface area (Å²) in [6.07, 6.45) is 7.36. The van der Waals surface area contributed by atoms with Crippen molar-refractivity contribution in [1.82, 2.24) is 24.7 Å². The zero-order valence-electron chi connectivity index (χ0n) is 20.9. The number of carbonyl (C=O) groups is 2. The standard InChI is InChI=1S/C26H36N6O3/c1-30(2)26(21-8-5-4-6-9-21)13-11-25(12-14-26)19-31(24(34)32(25)16-7-17-35-3)18-23(33)29-22-10-15-27-20-28-22/h4-6,8-10,15,20H,7,11-14,16-19H2,1-3H3,(H,27,28,29,33). The molecule has 2 aromatic rings. The normalized spacial score (nSPS) is 24.4. The molecule has 0 atom stereocenters. The Morgan fingerprint density at radius 1 is 1.14 bits per heavy atom. The van der Waals surface area contributed by atoms with Crippen LogP contribution in [0.5, 0.6) is 0 Å². The zero-order chi connectivity index (χ0) is 24.9. The second-order valence-corrected chi connectivity index (χ2v) is 9.80. The van der Waals surface area contributed by atoms with Crippen LogP contribution in [0, 0.1) is 0 Å². The van der Waals surface area contributed by atoms with Crippen LogP contribution in [-0.4, -0.2) is 89.6 Å². The van der Waals surface area contributed by atoms with Crippen LogP contribution in [0.2, 0.25) is 0 Å². The number of anilines is 1. The summed E-state index contributed by atoms with van der Waals surface area (Å²) in [4.78, 5) is 40.2. The predicted molar refractivity (Wildman–Crippen MR) is 134 cm³/mol. The van der Waals surface area contributed by atoms with Crippen LogP contribution >= 0.6 is 0 Å². The first-order valence-corrected chi connectivity index (χ1v) is 12.2. The van der Waals surface area contributed by atoms with E-state index in [-0.39, 0.29) is 29.6 Å². The van der Waals surface area contributed by atoms with Gasteiger partial charge in [0.25, 0.3) is 0 Å². The van der Waals surface area contributed by atoms with E-state index in [1.165, 1.54) is 11.9 Å². The number of urea groups is 1. The first kappa shape index (κ1) is 25.1. The maximum absolute atomic E-state index is 13.5. The summed E-state index contributed by atoms with van der Waals surface area (Å²) in [7, 11) is 5.97. The summed E-state index contributed by atoms with van der Waals surface area (Å²) >= 11 is 0. The SMILES string of the molecule is COCCCN1C(=O)N(CC(=O)Nc2ccncn2)CC12CCC(c1ccccc1)(N(C)C)CC2. The van der Waals surface area contributed by atoms with Crippen molar-refractivity contribution in [3.63, 3.8) is 0 Å². The molecule has 9 heteroatoms. The number of rotatable bonds is 9. The van der Waals surface area contributed by atoms with Crippen LogP contribution in [0.15, 0.2) is 48.9 Å². The van der Waals surface area contributed by atoms with Crippen LogP contribution in [0.25, 0.3) is 0 Å². The number of nitrogens with one attached hydrogen (secondary N) is 1. The average Bonchev–Trinajstić information content (AvgIpc) is 3.11. The van der Waals surface area contributed by atoms with E-state index in [4.69, 9.17) is 4.74 Å². The van der Waals surface area contributed by atoms with Gasteiger partial charge in [-0.3, -0.25) is 9.69 Å². The highest BCUT2D eigenvalue weighted by Crippen LogP contribution is 2.48. The van der Waals surface area contributed by atoms with Gasteiger partial charge in [0.1, 0.15) is 18.7 Å². The molecule has 35 heavy (non-hydrogen) atoms. The molecule has 1 aliphatic carbocycles. The molecule has 188 valence electrons. The molecule has 2 aliphatic rings. The van der Waals surface area contributed by atoms with Crippen LogP contribution in [0.1, 0.15) is 37.7 Å². The van der Waals surface area contributed by atoms with Crippen molar-refractivity contribution in [2.45, 2.75) is 43.2 Å². The third-order valence-corrected chi connectivity index (χ3v) is 7.65. The first-order chi connectivity index (χ1) is 16.9. The molecule has 1 saturated carbocycles. The Labute approximate surface area is 207 Å². The van der Waals surface area contributed by atoms with Crippen molar-refractivity contribution >= 4 is 17.8 Å². The van der Waals surface area contributed by atoms with Crippen molar-refractivity contribution < 1.29 is 14.3 Å². The molecule has 9 nitrogen and oxygen atoms in total. The molecule has 0 unspecified atom stereocenters. The van der Waals surface area contributed by atoms with Crippen LogP contribution in [0.4, 0.5) is 10.6 Å². The molecule has 1 saturated heterocycles. The molecule has 0 bridgehead atoms. The first-order valence-electron chi connectivity index (χ1n) is 12.2. The summed E-state index contributed by atoms with van der Waals surface area (Å²) in [5.74, 6) is 0.174. The summed E-state index contributed by atoms with van der Waals surface area (Å²) < 4.78 is 5.26. The minimum Gasteiger partial charge on any atom is -0.385 e. The number of ether oxygens (including phenoxy) is 1. The number of hydrogen-bond donors (Lipinski definition) is 1. The third kappa shape index (κ3) is 5.16. The van der Waals surface area contributed by atoms with Gasteiger partial charge in [0.2, 0.25) is 5.91 Å². The van der Waals surface area contributed by atoms with Crippen molar-refractivity contribution in [3.8, 4) is 0 Å². The van der Waals surface area contributed by atoms with Crippen molar-refractivity contribution in [2.24, 2.45) is 0 Å². The molecular formula is C26H36N6O3. The van der Waals surface area contributed by atoms with Gasteiger partial charge in [0, 0.05) is 38.5 Å². The molecule has 2 heterocycles. The molecule has 1 aromatic heterocycles. The minimum atomic E-state index is -0.283. The molecule has 1 spiro atoms. The van der Waals surface area contributed by atoms with Gasteiger partial charge in [-0.1, -0.05) is 30.3 Å². The van der Waals surface area contributed by atoms with E-state index in [1.54, 1.807) is 24.3 Å². The second-order valence-electron chi connectivity index (χ2n) is 9.80. The highest BCUT2D eigenvalue weighted by Gasteiger charge is 2.54. The fraction of sp³-hybridized carbons (Fsp3) is 0.538. The quantitative estimate of drug-likeness (QED) is 0.555. The lowest BCUT2D eigenvalue weighted by Crippen LogP contribution is -2.55. The molecule has 1 N–H and O–H groups in total. The topological polar surface area (TPSA) is 90.9 Å². The molecule has 1 aromatic carbocycles. The van der Waals surface area contributed by atoms with Gasteiger partial charge in [-0.25, -0.2) is 14.8 Å². The van der Waals surface area contributed by atoms with Crippen molar-refractivity contribution in [2.75, 3.05) is 52.8 Å². The molecular weight excluding hydrogens is 444 g/mol. The maximum Gasteiger partial charge on any atom is 0.321 e. The molecule has 2 fully saturated rings. The Kier molecular flexibility index (Phi) is 7.66. The Morgan fingerprint density at radius 3 is 2.51 bits per heavy atom. The summed E-state index contributed by atoms with van der Waals surface area (Å²) in [5.41, 5.74) is 0.969. The zero-order valence-corrected chi connectivity index (χ0v) is 20.9. The Hall–Kier alpha value is -3.04. The lowest BCUT2D eigenvalue weighted by Gasteiger charge is -2.51. The van der Waals surface area contributed by atoms with E-state index < -0.39 is 0 Å². The second kappa shape index (κ2) is 10.7. The predicted octanol–water partition coefficient (Wildman–Crippen LogP) is 2.96. The third-order valence-electron chi connectivity index (χ3n) is 7.65. The molecule has 4 rings (SSSR count).